The van der Waals surface area contributed by atoms with Gasteiger partial charge in [-0.05, 0) is 29.4 Å². The third-order valence-electron chi connectivity index (χ3n) is 3.33. The molecule has 0 bridgehead atoms. The second-order valence-electron chi connectivity index (χ2n) is 5.26. The highest BCUT2D eigenvalue weighted by molar-refractivity contribution is 8.09. The van der Waals surface area contributed by atoms with Crippen LogP contribution in [0.2, 0.25) is 0 Å². The fourth-order valence-electron chi connectivity index (χ4n) is 2.17. The first-order valence-electron chi connectivity index (χ1n) is 7.63. The maximum Gasteiger partial charge on any atom is 0.186 e. The van der Waals surface area contributed by atoms with Crippen LogP contribution in [0, 0.1) is 0 Å². The van der Waals surface area contributed by atoms with Crippen LogP contribution in [0.15, 0.2) is 60.7 Å². The Hall–Kier alpha value is -0.990. The molecule has 0 radical (unpaired) electrons. The minimum atomic E-state index is -2.28. The molecular weight excluding hydrogens is 311 g/mol. The lowest BCUT2D eigenvalue weighted by Crippen LogP contribution is -2.06. The van der Waals surface area contributed by atoms with E-state index in [0.717, 1.165) is 24.0 Å². The molecule has 0 aliphatic carbocycles. The topological polar surface area (TPSA) is 18.5 Å². The van der Waals surface area contributed by atoms with Gasteiger partial charge in [0.15, 0.2) is 6.49 Å². The van der Waals surface area contributed by atoms with Crippen LogP contribution in [0.3, 0.4) is 0 Å². The summed E-state index contributed by atoms with van der Waals surface area (Å²) in [5.74, 6) is 0. The van der Waals surface area contributed by atoms with E-state index in [9.17, 15) is 0 Å². The van der Waals surface area contributed by atoms with Crippen molar-refractivity contribution in [2.45, 2.75) is 25.9 Å². The summed E-state index contributed by atoms with van der Waals surface area (Å²) in [7, 11) is 0. The molecule has 22 heavy (non-hydrogen) atoms. The molecule has 0 N–H and O–H groups in total. The molecule has 0 aliphatic heterocycles. The molecule has 0 aromatic heterocycles. The van der Waals surface area contributed by atoms with Crippen LogP contribution in [-0.2, 0) is 20.9 Å². The molecule has 2 aromatic rings. The number of hydrogen-bond donors (Lipinski definition) is 0. The van der Waals surface area contributed by atoms with Gasteiger partial charge in [-0.25, -0.2) is 0 Å². The van der Waals surface area contributed by atoms with Crippen molar-refractivity contribution in [3.8, 4) is 0 Å². The van der Waals surface area contributed by atoms with Gasteiger partial charge in [0.25, 0.3) is 0 Å². The van der Waals surface area contributed by atoms with Crippen LogP contribution in [-0.4, -0.2) is 13.3 Å². The smallest absolute Gasteiger partial charge is 0.186 e. The van der Waals surface area contributed by atoms with Crippen LogP contribution < -0.4 is 0 Å². The van der Waals surface area contributed by atoms with Crippen molar-refractivity contribution in [1.82, 2.24) is 0 Å². The van der Waals surface area contributed by atoms with Crippen molar-refractivity contribution < 1.29 is 9.05 Å². The quantitative estimate of drug-likeness (QED) is 0.466. The SMILES string of the molecule is CCCCOP(C)(=S)OC(c1ccccc1)c1ccccc1. The van der Waals surface area contributed by atoms with E-state index in [1.807, 2.05) is 43.1 Å². The zero-order valence-corrected chi connectivity index (χ0v) is 14.9. The molecule has 0 spiro atoms. The highest BCUT2D eigenvalue weighted by atomic mass is 32.5. The molecule has 118 valence electrons. The van der Waals surface area contributed by atoms with Crippen molar-refractivity contribution in [2.24, 2.45) is 0 Å². The van der Waals surface area contributed by atoms with E-state index < -0.39 is 6.49 Å². The molecule has 0 amide bonds. The van der Waals surface area contributed by atoms with E-state index in [1.165, 1.54) is 0 Å². The molecule has 0 fully saturated rings. The maximum atomic E-state index is 6.26. The highest BCUT2D eigenvalue weighted by Gasteiger charge is 2.22. The van der Waals surface area contributed by atoms with Gasteiger partial charge in [-0.2, -0.15) is 0 Å². The Labute approximate surface area is 138 Å². The molecule has 0 aliphatic rings. The van der Waals surface area contributed by atoms with Gasteiger partial charge in [0.05, 0.1) is 6.61 Å². The van der Waals surface area contributed by atoms with Crippen molar-refractivity contribution in [2.75, 3.05) is 13.3 Å². The molecular formula is C18H23O2PS. The first-order chi connectivity index (χ1) is 10.6. The van der Waals surface area contributed by atoms with Crippen LogP contribution in [0.4, 0.5) is 0 Å². The second kappa shape index (κ2) is 8.59. The van der Waals surface area contributed by atoms with Crippen molar-refractivity contribution in [1.29, 1.82) is 0 Å². The van der Waals surface area contributed by atoms with Crippen LogP contribution >= 0.6 is 6.49 Å². The van der Waals surface area contributed by atoms with E-state index >= 15 is 0 Å². The lowest BCUT2D eigenvalue weighted by Gasteiger charge is -2.25. The summed E-state index contributed by atoms with van der Waals surface area (Å²) >= 11 is 5.60. The number of benzene rings is 2. The Balaban J connectivity index is 2.21. The summed E-state index contributed by atoms with van der Waals surface area (Å²) < 4.78 is 12.1. The largest absolute Gasteiger partial charge is 0.329 e. The monoisotopic (exact) mass is 334 g/mol. The second-order valence-corrected chi connectivity index (χ2v) is 9.27. The Bertz CT molecular complexity index is 561. The standard InChI is InChI=1S/C18H23O2PS/c1-3-4-15-19-21(2,22)20-18(16-11-7-5-8-12-16)17-13-9-6-10-14-17/h5-14,18H,3-4,15H2,1-2H3. The molecule has 2 rings (SSSR count). The predicted octanol–water partition coefficient (Wildman–Crippen LogP) is 5.55. The molecule has 0 saturated carbocycles. The lowest BCUT2D eigenvalue weighted by molar-refractivity contribution is 0.208. The van der Waals surface area contributed by atoms with Gasteiger partial charge in [0, 0.05) is 6.66 Å². The van der Waals surface area contributed by atoms with Crippen molar-refractivity contribution in [3.63, 3.8) is 0 Å². The summed E-state index contributed by atoms with van der Waals surface area (Å²) in [6.07, 6.45) is 1.92. The predicted molar refractivity (Wildman–Crippen MR) is 96.9 cm³/mol. The molecule has 2 aromatic carbocycles. The van der Waals surface area contributed by atoms with E-state index in [0.29, 0.717) is 6.61 Å². The molecule has 4 heteroatoms. The minimum Gasteiger partial charge on any atom is -0.329 e. The number of hydrogen-bond acceptors (Lipinski definition) is 3. The molecule has 2 nitrogen and oxygen atoms in total. The Kier molecular flexibility index (Phi) is 6.78. The zero-order chi connectivity index (χ0) is 15.8. The van der Waals surface area contributed by atoms with Crippen molar-refractivity contribution in [3.05, 3.63) is 71.8 Å². The van der Waals surface area contributed by atoms with E-state index in [4.69, 9.17) is 20.9 Å². The summed E-state index contributed by atoms with van der Waals surface area (Å²) in [5.41, 5.74) is 2.20. The van der Waals surface area contributed by atoms with Gasteiger partial charge in [0.2, 0.25) is 0 Å². The van der Waals surface area contributed by atoms with Gasteiger partial charge in [-0.15, -0.1) is 0 Å². The average Bonchev–Trinajstić information content (AvgIpc) is 2.54. The summed E-state index contributed by atoms with van der Waals surface area (Å²) in [4.78, 5) is 0. The van der Waals surface area contributed by atoms with Gasteiger partial charge in [0.1, 0.15) is 6.10 Å². The molecule has 1 unspecified atom stereocenters. The van der Waals surface area contributed by atoms with Crippen molar-refractivity contribution >= 4 is 18.3 Å². The Morgan fingerprint density at radius 3 is 1.91 bits per heavy atom. The fourth-order valence-corrected chi connectivity index (χ4v) is 3.80. The number of unbranched alkanes of at least 4 members (excludes halogenated alkanes) is 1. The number of rotatable bonds is 8. The molecule has 0 saturated heterocycles. The highest BCUT2D eigenvalue weighted by Crippen LogP contribution is 2.50. The maximum absolute atomic E-state index is 6.26. The summed E-state index contributed by atoms with van der Waals surface area (Å²) in [6.45, 7) is 2.44. The van der Waals surface area contributed by atoms with Gasteiger partial charge in [-0.1, -0.05) is 74.0 Å². The third-order valence-corrected chi connectivity index (χ3v) is 5.15. The van der Waals surface area contributed by atoms with Crippen LogP contribution in [0.5, 0.6) is 0 Å². The van der Waals surface area contributed by atoms with Gasteiger partial charge in [-0.3, -0.25) is 0 Å². The van der Waals surface area contributed by atoms with E-state index in [-0.39, 0.29) is 6.10 Å². The Morgan fingerprint density at radius 1 is 0.955 bits per heavy atom. The van der Waals surface area contributed by atoms with Crippen LogP contribution in [0.1, 0.15) is 37.0 Å². The Morgan fingerprint density at radius 2 is 1.45 bits per heavy atom. The summed E-state index contributed by atoms with van der Waals surface area (Å²) in [5, 5.41) is 0. The molecule has 0 heterocycles. The van der Waals surface area contributed by atoms with E-state index in [2.05, 4.69) is 31.2 Å². The third kappa shape index (κ3) is 5.33. The van der Waals surface area contributed by atoms with Crippen LogP contribution in [0.25, 0.3) is 0 Å². The first kappa shape index (κ1) is 17.4. The fraction of sp³-hybridized carbons (Fsp3) is 0.333. The average molecular weight is 334 g/mol. The molecule has 1 atom stereocenters. The summed E-state index contributed by atoms with van der Waals surface area (Å²) in [6, 6.07) is 20.4. The minimum absolute atomic E-state index is 0.181. The van der Waals surface area contributed by atoms with Gasteiger partial charge >= 0.3 is 0 Å². The first-order valence-corrected chi connectivity index (χ1v) is 10.7. The van der Waals surface area contributed by atoms with Gasteiger partial charge < -0.3 is 9.05 Å². The lowest BCUT2D eigenvalue weighted by atomic mass is 10.0. The normalized spacial score (nSPS) is 14.0. The van der Waals surface area contributed by atoms with E-state index in [1.54, 1.807) is 0 Å². The zero-order valence-electron chi connectivity index (χ0n) is 13.1.